The molecule has 0 spiro atoms. The van der Waals surface area contributed by atoms with E-state index in [1.165, 1.54) is 44.9 Å². The standard InChI is InChI=1S/C31H34O5/c1-34-29-18-19-30(26(21-29)22-32)24-10-16-28(17-11-24)36-31(33)25-12-14-27(15-13-25)35-20-5-3-2-4-7-23-8-6-9-23/h10-19,21-23H,2-9,20H2,1H3. The molecule has 3 aromatic rings. The van der Waals surface area contributed by atoms with Gasteiger partial charge in [0, 0.05) is 5.56 Å². The molecule has 0 amide bonds. The van der Waals surface area contributed by atoms with Crippen molar-refractivity contribution in [2.45, 2.75) is 51.4 Å². The summed E-state index contributed by atoms with van der Waals surface area (Å²) in [6.45, 7) is 0.694. The van der Waals surface area contributed by atoms with E-state index in [1.54, 1.807) is 55.6 Å². The van der Waals surface area contributed by atoms with E-state index >= 15 is 0 Å². The minimum absolute atomic E-state index is 0.432. The minimum Gasteiger partial charge on any atom is -0.497 e. The Labute approximate surface area is 213 Å². The van der Waals surface area contributed by atoms with Crippen LogP contribution in [0.2, 0.25) is 0 Å². The fourth-order valence-corrected chi connectivity index (χ4v) is 4.44. The first-order valence-electron chi connectivity index (χ1n) is 12.8. The number of carbonyl (C=O) groups excluding carboxylic acids is 2. The molecule has 0 heterocycles. The van der Waals surface area contributed by atoms with E-state index in [1.807, 2.05) is 18.2 Å². The molecule has 0 atom stereocenters. The second-order valence-electron chi connectivity index (χ2n) is 9.36. The van der Waals surface area contributed by atoms with Crippen molar-refractivity contribution in [3.63, 3.8) is 0 Å². The van der Waals surface area contributed by atoms with Crippen LogP contribution in [0.5, 0.6) is 17.2 Å². The highest BCUT2D eigenvalue weighted by molar-refractivity contribution is 5.91. The molecule has 5 nitrogen and oxygen atoms in total. The minimum atomic E-state index is -0.432. The van der Waals surface area contributed by atoms with E-state index in [4.69, 9.17) is 14.2 Å². The molecular weight excluding hydrogens is 452 g/mol. The van der Waals surface area contributed by atoms with Gasteiger partial charge in [-0.1, -0.05) is 57.1 Å². The van der Waals surface area contributed by atoms with Crippen LogP contribution >= 0.6 is 0 Å². The lowest BCUT2D eigenvalue weighted by molar-refractivity contribution is 0.0734. The Morgan fingerprint density at radius 1 is 0.861 bits per heavy atom. The fraction of sp³-hybridized carbons (Fsp3) is 0.355. The Bertz CT molecular complexity index is 1130. The predicted octanol–water partition coefficient (Wildman–Crippen LogP) is 7.52. The van der Waals surface area contributed by atoms with Gasteiger partial charge in [-0.2, -0.15) is 0 Å². The SMILES string of the molecule is COc1ccc(-c2ccc(OC(=O)c3ccc(OCCCCCCC4CCC4)cc3)cc2)c(C=O)c1. The number of carbonyl (C=O) groups is 2. The van der Waals surface area contributed by atoms with Crippen molar-refractivity contribution < 1.29 is 23.8 Å². The smallest absolute Gasteiger partial charge is 0.343 e. The normalized spacial score (nSPS) is 13.0. The average molecular weight is 487 g/mol. The molecule has 4 rings (SSSR count). The molecule has 188 valence electrons. The van der Waals surface area contributed by atoms with E-state index in [2.05, 4.69) is 0 Å². The van der Waals surface area contributed by atoms with Gasteiger partial charge < -0.3 is 14.2 Å². The second kappa shape index (κ2) is 12.9. The molecule has 0 bridgehead atoms. The first kappa shape index (κ1) is 25.5. The van der Waals surface area contributed by atoms with Gasteiger partial charge in [0.25, 0.3) is 0 Å². The largest absolute Gasteiger partial charge is 0.497 e. The fourth-order valence-electron chi connectivity index (χ4n) is 4.44. The van der Waals surface area contributed by atoms with Crippen LogP contribution in [-0.4, -0.2) is 26.0 Å². The van der Waals surface area contributed by atoms with Gasteiger partial charge in [-0.05, 0) is 78.1 Å². The van der Waals surface area contributed by atoms with Crippen molar-refractivity contribution in [3.05, 3.63) is 77.9 Å². The number of esters is 1. The number of benzene rings is 3. The van der Waals surface area contributed by atoms with Crippen molar-refractivity contribution in [3.8, 4) is 28.4 Å². The Kier molecular flexibility index (Phi) is 9.15. The highest BCUT2D eigenvalue weighted by Gasteiger charge is 2.16. The van der Waals surface area contributed by atoms with Crippen LogP contribution in [0.25, 0.3) is 11.1 Å². The number of rotatable bonds is 13. The van der Waals surface area contributed by atoms with Crippen LogP contribution in [0.4, 0.5) is 0 Å². The average Bonchev–Trinajstić information content (AvgIpc) is 2.89. The highest BCUT2D eigenvalue weighted by atomic mass is 16.5. The summed E-state index contributed by atoms with van der Waals surface area (Å²) in [6.07, 6.45) is 11.4. The molecule has 1 aliphatic carbocycles. The molecule has 0 aromatic heterocycles. The van der Waals surface area contributed by atoms with Crippen molar-refractivity contribution in [2.75, 3.05) is 13.7 Å². The highest BCUT2D eigenvalue weighted by Crippen LogP contribution is 2.31. The topological polar surface area (TPSA) is 61.8 Å². The van der Waals surface area contributed by atoms with Crippen molar-refractivity contribution in [2.24, 2.45) is 5.92 Å². The Morgan fingerprint density at radius 3 is 2.22 bits per heavy atom. The van der Waals surface area contributed by atoms with Crippen molar-refractivity contribution in [1.82, 2.24) is 0 Å². The van der Waals surface area contributed by atoms with E-state index in [0.29, 0.717) is 29.2 Å². The number of hydrogen-bond donors (Lipinski definition) is 0. The summed E-state index contributed by atoms with van der Waals surface area (Å²) in [5.41, 5.74) is 2.62. The maximum Gasteiger partial charge on any atom is 0.343 e. The van der Waals surface area contributed by atoms with Gasteiger partial charge in [-0.25, -0.2) is 4.79 Å². The van der Waals surface area contributed by atoms with Crippen molar-refractivity contribution >= 4 is 12.3 Å². The Morgan fingerprint density at radius 2 is 1.56 bits per heavy atom. The molecule has 0 N–H and O–H groups in total. The lowest BCUT2D eigenvalue weighted by atomic mass is 9.82. The monoisotopic (exact) mass is 486 g/mol. The van der Waals surface area contributed by atoms with Gasteiger partial charge in [0.05, 0.1) is 19.3 Å². The molecule has 0 aliphatic heterocycles. The third kappa shape index (κ3) is 6.97. The van der Waals surface area contributed by atoms with Crippen LogP contribution in [0.15, 0.2) is 66.7 Å². The molecule has 0 unspecified atom stereocenters. The summed E-state index contributed by atoms with van der Waals surface area (Å²) < 4.78 is 16.5. The van der Waals surface area contributed by atoms with E-state index in [0.717, 1.165) is 35.5 Å². The number of ether oxygens (including phenoxy) is 3. The van der Waals surface area contributed by atoms with Gasteiger partial charge in [0.15, 0.2) is 6.29 Å². The third-order valence-electron chi connectivity index (χ3n) is 6.85. The summed E-state index contributed by atoms with van der Waals surface area (Å²) in [4.78, 5) is 24.0. The number of methoxy groups -OCH3 is 1. The molecular formula is C31H34O5. The zero-order valence-corrected chi connectivity index (χ0v) is 20.9. The Hall–Kier alpha value is -3.60. The zero-order valence-electron chi connectivity index (χ0n) is 20.9. The molecule has 0 radical (unpaired) electrons. The van der Waals surface area contributed by atoms with Crippen LogP contribution in [0, 0.1) is 5.92 Å². The number of unbranched alkanes of at least 4 members (excludes halogenated alkanes) is 3. The first-order valence-corrected chi connectivity index (χ1v) is 12.8. The lowest BCUT2D eigenvalue weighted by Crippen LogP contribution is -2.10. The Balaban J connectivity index is 1.22. The maximum atomic E-state index is 12.6. The summed E-state index contributed by atoms with van der Waals surface area (Å²) in [5.74, 6) is 2.39. The van der Waals surface area contributed by atoms with Gasteiger partial charge in [0.1, 0.15) is 17.2 Å². The summed E-state index contributed by atoms with van der Waals surface area (Å²) >= 11 is 0. The van der Waals surface area contributed by atoms with Crippen LogP contribution in [-0.2, 0) is 0 Å². The summed E-state index contributed by atoms with van der Waals surface area (Å²) in [7, 11) is 1.56. The number of hydrogen-bond acceptors (Lipinski definition) is 5. The molecule has 1 saturated carbocycles. The van der Waals surface area contributed by atoms with Crippen molar-refractivity contribution in [1.29, 1.82) is 0 Å². The van der Waals surface area contributed by atoms with Gasteiger partial charge >= 0.3 is 5.97 Å². The van der Waals surface area contributed by atoms with Gasteiger partial charge in [-0.15, -0.1) is 0 Å². The van der Waals surface area contributed by atoms with Crippen LogP contribution in [0.3, 0.4) is 0 Å². The molecule has 0 saturated heterocycles. The second-order valence-corrected chi connectivity index (χ2v) is 9.36. The maximum absolute atomic E-state index is 12.6. The molecule has 1 fully saturated rings. The predicted molar refractivity (Wildman–Crippen MR) is 141 cm³/mol. The van der Waals surface area contributed by atoms with Gasteiger partial charge in [-0.3, -0.25) is 4.79 Å². The van der Waals surface area contributed by atoms with Crippen LogP contribution in [0.1, 0.15) is 72.1 Å². The molecule has 36 heavy (non-hydrogen) atoms. The molecule has 3 aromatic carbocycles. The zero-order chi connectivity index (χ0) is 25.2. The van der Waals surface area contributed by atoms with E-state index in [9.17, 15) is 9.59 Å². The summed E-state index contributed by atoms with van der Waals surface area (Å²) in [6, 6.07) is 19.5. The van der Waals surface area contributed by atoms with E-state index < -0.39 is 5.97 Å². The van der Waals surface area contributed by atoms with Crippen LogP contribution < -0.4 is 14.2 Å². The lowest BCUT2D eigenvalue weighted by Gasteiger charge is -2.24. The van der Waals surface area contributed by atoms with E-state index in [-0.39, 0.29) is 0 Å². The quantitative estimate of drug-likeness (QED) is 0.108. The third-order valence-corrected chi connectivity index (χ3v) is 6.85. The number of aldehydes is 1. The first-order chi connectivity index (χ1) is 17.7. The van der Waals surface area contributed by atoms with Gasteiger partial charge in [0.2, 0.25) is 0 Å². The molecule has 5 heteroatoms. The summed E-state index contributed by atoms with van der Waals surface area (Å²) in [5, 5.41) is 0. The molecule has 1 aliphatic rings.